The summed E-state index contributed by atoms with van der Waals surface area (Å²) in [7, 11) is 0. The molecule has 1 aromatic carbocycles. The minimum Gasteiger partial charge on any atom is -0.322 e. The average molecular weight is 387 g/mol. The number of thioether (sulfide) groups is 1. The zero-order valence-electron chi connectivity index (χ0n) is 15.2. The third-order valence-corrected chi connectivity index (χ3v) is 5.44. The fourth-order valence-corrected chi connectivity index (χ4v) is 3.60. The summed E-state index contributed by atoms with van der Waals surface area (Å²) < 4.78 is 1.96. The normalized spacial score (nSPS) is 19.4. The molecular weight excluding hydrogens is 366 g/mol. The molecule has 4 amide bonds. The van der Waals surface area contributed by atoms with Gasteiger partial charge in [0, 0.05) is 6.54 Å². The number of hydrogen-bond acceptors (Lipinski definition) is 5. The SMILES string of the molecule is C=CCn1c(SCC(=O)NN2C(=O)NC(C)(CC)C2=O)nc2ccccc21. The monoisotopic (exact) mass is 387 g/mol. The van der Waals surface area contributed by atoms with Crippen LogP contribution in [0.3, 0.4) is 0 Å². The van der Waals surface area contributed by atoms with E-state index in [0.717, 1.165) is 16.0 Å². The Hall–Kier alpha value is -2.81. The van der Waals surface area contributed by atoms with Gasteiger partial charge in [0.15, 0.2) is 5.16 Å². The molecule has 1 aliphatic heterocycles. The molecule has 142 valence electrons. The number of urea groups is 1. The van der Waals surface area contributed by atoms with E-state index < -0.39 is 23.4 Å². The molecule has 1 saturated heterocycles. The first kappa shape index (κ1) is 19.0. The highest BCUT2D eigenvalue weighted by Crippen LogP contribution is 2.24. The number of imide groups is 1. The summed E-state index contributed by atoms with van der Waals surface area (Å²) in [5, 5.41) is 4.01. The Balaban J connectivity index is 1.69. The van der Waals surface area contributed by atoms with Gasteiger partial charge < -0.3 is 9.88 Å². The van der Waals surface area contributed by atoms with Crippen molar-refractivity contribution in [2.24, 2.45) is 0 Å². The molecule has 1 unspecified atom stereocenters. The van der Waals surface area contributed by atoms with Gasteiger partial charge in [0.2, 0.25) is 5.91 Å². The van der Waals surface area contributed by atoms with Gasteiger partial charge in [-0.3, -0.25) is 15.0 Å². The van der Waals surface area contributed by atoms with Gasteiger partial charge in [-0.25, -0.2) is 9.78 Å². The first-order valence-corrected chi connectivity index (χ1v) is 9.53. The number of amides is 4. The number of benzene rings is 1. The highest BCUT2D eigenvalue weighted by Gasteiger charge is 2.47. The number of nitrogens with one attached hydrogen (secondary N) is 2. The largest absolute Gasteiger partial charge is 0.344 e. The number of fused-ring (bicyclic) bond motifs is 1. The highest BCUT2D eigenvalue weighted by molar-refractivity contribution is 7.99. The number of aromatic nitrogens is 2. The first-order chi connectivity index (χ1) is 12.9. The Morgan fingerprint density at radius 3 is 2.81 bits per heavy atom. The molecule has 8 nitrogen and oxygen atoms in total. The molecule has 2 N–H and O–H groups in total. The second-order valence-electron chi connectivity index (χ2n) is 6.36. The maximum absolute atomic E-state index is 12.3. The molecule has 2 aromatic rings. The molecule has 0 saturated carbocycles. The maximum atomic E-state index is 12.3. The van der Waals surface area contributed by atoms with E-state index in [4.69, 9.17) is 0 Å². The summed E-state index contributed by atoms with van der Waals surface area (Å²) in [6.45, 7) is 7.75. The predicted molar refractivity (Wildman–Crippen MR) is 103 cm³/mol. The van der Waals surface area contributed by atoms with Crippen LogP contribution >= 0.6 is 11.8 Å². The van der Waals surface area contributed by atoms with Gasteiger partial charge in [-0.2, -0.15) is 5.01 Å². The van der Waals surface area contributed by atoms with Gasteiger partial charge in [-0.05, 0) is 25.5 Å². The summed E-state index contributed by atoms with van der Waals surface area (Å²) in [6, 6.07) is 7.05. The van der Waals surface area contributed by atoms with Gasteiger partial charge in [0.25, 0.3) is 5.91 Å². The molecule has 1 atom stereocenters. The highest BCUT2D eigenvalue weighted by atomic mass is 32.2. The molecule has 0 spiro atoms. The number of carbonyl (C=O) groups excluding carboxylic acids is 3. The number of allylic oxidation sites excluding steroid dienone is 1. The van der Waals surface area contributed by atoms with E-state index in [1.807, 2.05) is 28.8 Å². The molecule has 3 rings (SSSR count). The molecule has 0 aliphatic carbocycles. The van der Waals surface area contributed by atoms with Crippen molar-refractivity contribution in [3.63, 3.8) is 0 Å². The van der Waals surface area contributed by atoms with Crippen molar-refractivity contribution in [2.45, 2.75) is 37.5 Å². The van der Waals surface area contributed by atoms with Gasteiger partial charge in [0.1, 0.15) is 5.54 Å². The average Bonchev–Trinajstić information content (AvgIpc) is 3.11. The summed E-state index contributed by atoms with van der Waals surface area (Å²) in [5.41, 5.74) is 3.17. The van der Waals surface area contributed by atoms with Crippen molar-refractivity contribution >= 4 is 40.6 Å². The van der Waals surface area contributed by atoms with Crippen LogP contribution in [0.2, 0.25) is 0 Å². The minimum absolute atomic E-state index is 0.0143. The lowest BCUT2D eigenvalue weighted by molar-refractivity contribution is -0.137. The summed E-state index contributed by atoms with van der Waals surface area (Å²) in [6.07, 6.45) is 2.20. The fourth-order valence-electron chi connectivity index (χ4n) is 2.78. The van der Waals surface area contributed by atoms with Crippen LogP contribution in [0.5, 0.6) is 0 Å². The number of carbonyl (C=O) groups is 3. The van der Waals surface area contributed by atoms with Crippen LogP contribution in [-0.4, -0.2) is 43.7 Å². The van der Waals surface area contributed by atoms with Crippen LogP contribution in [0, 0.1) is 0 Å². The lowest BCUT2D eigenvalue weighted by Crippen LogP contribution is -2.49. The molecule has 27 heavy (non-hydrogen) atoms. The molecular formula is C18H21N5O3S. The van der Waals surface area contributed by atoms with Crippen molar-refractivity contribution in [1.29, 1.82) is 0 Å². The van der Waals surface area contributed by atoms with Gasteiger partial charge in [0.05, 0.1) is 16.8 Å². The second-order valence-corrected chi connectivity index (χ2v) is 7.30. The maximum Gasteiger partial charge on any atom is 0.344 e. The Kier molecular flexibility index (Phi) is 5.22. The minimum atomic E-state index is -0.991. The Labute approximate surface area is 161 Å². The summed E-state index contributed by atoms with van der Waals surface area (Å²) >= 11 is 1.23. The van der Waals surface area contributed by atoms with Crippen LogP contribution in [-0.2, 0) is 16.1 Å². The third-order valence-electron chi connectivity index (χ3n) is 4.47. The molecule has 1 fully saturated rings. The number of nitrogens with zero attached hydrogens (tertiary/aromatic N) is 3. The Morgan fingerprint density at radius 1 is 1.41 bits per heavy atom. The van der Waals surface area contributed by atoms with Crippen molar-refractivity contribution in [1.82, 2.24) is 25.3 Å². The lowest BCUT2D eigenvalue weighted by atomic mass is 10.00. The molecule has 1 aliphatic rings. The van der Waals surface area contributed by atoms with Crippen molar-refractivity contribution < 1.29 is 14.4 Å². The lowest BCUT2D eigenvalue weighted by Gasteiger charge is -2.19. The zero-order valence-corrected chi connectivity index (χ0v) is 16.0. The van der Waals surface area contributed by atoms with E-state index in [1.54, 1.807) is 19.9 Å². The summed E-state index contributed by atoms with van der Waals surface area (Å²) in [5.74, 6) is -0.909. The van der Waals surface area contributed by atoms with Crippen molar-refractivity contribution in [3.8, 4) is 0 Å². The van der Waals surface area contributed by atoms with Crippen LogP contribution < -0.4 is 10.7 Å². The van der Waals surface area contributed by atoms with Crippen LogP contribution in [0.25, 0.3) is 11.0 Å². The van der Waals surface area contributed by atoms with Crippen LogP contribution in [0.4, 0.5) is 4.79 Å². The fraction of sp³-hybridized carbons (Fsp3) is 0.333. The Bertz CT molecular complexity index is 925. The van der Waals surface area contributed by atoms with Crippen LogP contribution in [0.1, 0.15) is 20.3 Å². The van der Waals surface area contributed by atoms with E-state index in [-0.39, 0.29) is 5.75 Å². The number of para-hydroxylation sites is 2. The topological polar surface area (TPSA) is 96.3 Å². The molecule has 0 radical (unpaired) electrons. The van der Waals surface area contributed by atoms with Gasteiger partial charge in [-0.15, -0.1) is 6.58 Å². The number of hydrogen-bond donors (Lipinski definition) is 2. The van der Waals surface area contributed by atoms with E-state index in [1.165, 1.54) is 11.8 Å². The van der Waals surface area contributed by atoms with Gasteiger partial charge in [-0.1, -0.05) is 36.9 Å². The second kappa shape index (κ2) is 7.43. The van der Waals surface area contributed by atoms with E-state index in [9.17, 15) is 14.4 Å². The number of rotatable bonds is 7. The quantitative estimate of drug-likeness (QED) is 0.431. The first-order valence-electron chi connectivity index (χ1n) is 8.54. The van der Waals surface area contributed by atoms with E-state index >= 15 is 0 Å². The molecule has 1 aromatic heterocycles. The Morgan fingerprint density at radius 2 is 2.15 bits per heavy atom. The van der Waals surface area contributed by atoms with Crippen molar-refractivity contribution in [2.75, 3.05) is 5.75 Å². The molecule has 0 bridgehead atoms. The predicted octanol–water partition coefficient (Wildman–Crippen LogP) is 2.07. The van der Waals surface area contributed by atoms with Crippen molar-refractivity contribution in [3.05, 3.63) is 36.9 Å². The van der Waals surface area contributed by atoms with E-state index in [2.05, 4.69) is 22.3 Å². The zero-order chi connectivity index (χ0) is 19.6. The standard InChI is InChI=1S/C18H21N5O3S/c1-4-10-22-13-9-7-6-8-12(13)19-17(22)27-11-14(24)21-23-15(25)18(3,5-2)20-16(23)26/h4,6-9H,1,5,10-11H2,2-3H3,(H,20,26)(H,21,24). The smallest absolute Gasteiger partial charge is 0.322 e. The summed E-state index contributed by atoms with van der Waals surface area (Å²) in [4.78, 5) is 41.1. The molecule has 9 heteroatoms. The number of hydrazine groups is 1. The number of imidazole rings is 1. The van der Waals surface area contributed by atoms with Gasteiger partial charge >= 0.3 is 6.03 Å². The third kappa shape index (κ3) is 3.55. The molecule has 2 heterocycles. The van der Waals surface area contributed by atoms with E-state index in [0.29, 0.717) is 18.1 Å². The van der Waals surface area contributed by atoms with Crippen LogP contribution in [0.15, 0.2) is 42.1 Å².